The van der Waals surface area contributed by atoms with E-state index in [9.17, 15) is 9.59 Å². The molecule has 2 atom stereocenters. The predicted molar refractivity (Wildman–Crippen MR) is 326 cm³/mol. The number of unbranched alkanes of at least 4 members (excludes halogenated alkanes) is 1. The number of aromatic nitrogens is 4. The van der Waals surface area contributed by atoms with E-state index >= 15 is 0 Å². The molecule has 30 heteroatoms. The molecule has 2 aliphatic heterocycles. The molecule has 0 saturated carbocycles. The summed E-state index contributed by atoms with van der Waals surface area (Å²) in [5.74, 6) is 2.04. The minimum atomic E-state index is -0.282. The molecule has 0 bridgehead atoms. The van der Waals surface area contributed by atoms with Gasteiger partial charge in [0.1, 0.15) is 0 Å². The van der Waals surface area contributed by atoms with Gasteiger partial charge in [-0.1, -0.05) is 70.7 Å². The van der Waals surface area contributed by atoms with Gasteiger partial charge in [-0.15, -0.1) is 20.4 Å². The van der Waals surface area contributed by atoms with Crippen molar-refractivity contribution in [1.29, 1.82) is 0 Å². The van der Waals surface area contributed by atoms with Crippen molar-refractivity contribution in [2.75, 3.05) is 106 Å². The molecule has 4 aromatic carbocycles. The van der Waals surface area contributed by atoms with Crippen LogP contribution < -0.4 is 21.3 Å². The predicted octanol–water partition coefficient (Wildman–Crippen LogP) is 7.59. The van der Waals surface area contributed by atoms with Crippen LogP contribution >= 0.6 is 46.4 Å². The number of nitrogens with one attached hydrogen (secondary N) is 4. The Bertz CT molecular complexity index is 2870. The van der Waals surface area contributed by atoms with Crippen molar-refractivity contribution in [3.05, 3.63) is 138 Å². The van der Waals surface area contributed by atoms with Gasteiger partial charge in [-0.2, -0.15) is 0 Å². The summed E-state index contributed by atoms with van der Waals surface area (Å²) in [6, 6.07) is 23.3. The van der Waals surface area contributed by atoms with Crippen LogP contribution in [0.25, 0.3) is 22.9 Å². The molecule has 2 aromatic heterocycles. The number of ether oxygens (including phenoxy) is 4. The number of hydrogen-bond acceptors (Lipinski definition) is 18. The van der Waals surface area contributed by atoms with Crippen LogP contribution in [-0.4, -0.2) is 195 Å². The van der Waals surface area contributed by atoms with Crippen molar-refractivity contribution in [3.8, 4) is 22.9 Å². The van der Waals surface area contributed by atoms with Crippen molar-refractivity contribution in [1.82, 2.24) is 51.5 Å². The average Bonchev–Trinajstić information content (AvgIpc) is 1.37. The molecule has 4 heterocycles. The monoisotopic (exact) mass is 1300 g/mol. The number of rotatable bonds is 27. The van der Waals surface area contributed by atoms with Crippen LogP contribution in [0.1, 0.15) is 69.8 Å². The highest BCUT2D eigenvalue weighted by atomic mass is 35.5. The number of likely N-dealkylation sites (N-methyl/N-ethyl adjacent to an activating group) is 2. The van der Waals surface area contributed by atoms with E-state index in [0.29, 0.717) is 148 Å². The highest BCUT2D eigenvalue weighted by Gasteiger charge is 2.29. The highest BCUT2D eigenvalue weighted by Crippen LogP contribution is 2.41. The van der Waals surface area contributed by atoms with E-state index in [4.69, 9.17) is 114 Å². The Morgan fingerprint density at radius 3 is 1.25 bits per heavy atom. The molecule has 2 aliphatic rings. The molecule has 88 heavy (non-hydrogen) atoms. The Labute approximate surface area is 528 Å². The fourth-order valence-electron chi connectivity index (χ4n) is 9.20. The van der Waals surface area contributed by atoms with Gasteiger partial charge in [0.2, 0.25) is 23.6 Å². The number of amides is 4. The molecular formula is C58H72Cl4N10O16. The second-order valence-corrected chi connectivity index (χ2v) is 20.8. The maximum Gasteiger partial charge on any atom is 0.314 e. The largest absolute Gasteiger partial charge is 0.483 e. The summed E-state index contributed by atoms with van der Waals surface area (Å²) in [5, 5.41) is 58.3. The van der Waals surface area contributed by atoms with Gasteiger partial charge in [0.15, 0.2) is 0 Å². The summed E-state index contributed by atoms with van der Waals surface area (Å²) in [6.45, 7) is 6.82. The zero-order valence-electron chi connectivity index (χ0n) is 48.4. The van der Waals surface area contributed by atoms with Crippen LogP contribution in [0.5, 0.6) is 0 Å². The van der Waals surface area contributed by atoms with Crippen LogP contribution in [0.4, 0.5) is 9.59 Å². The first-order valence-corrected chi connectivity index (χ1v) is 29.0. The van der Waals surface area contributed by atoms with Gasteiger partial charge in [-0.05, 0) is 109 Å². The number of hydrogen-bond donors (Lipinski definition) is 8. The third-order valence-corrected chi connectivity index (χ3v) is 14.0. The minimum absolute atomic E-state index is 0.0952. The maximum atomic E-state index is 12.1. The quantitative estimate of drug-likeness (QED) is 0.0182. The lowest BCUT2D eigenvalue weighted by atomic mass is 9.84. The Balaban J connectivity index is 0.00000128. The third kappa shape index (κ3) is 25.7. The zero-order valence-corrected chi connectivity index (χ0v) is 51.4. The van der Waals surface area contributed by atoms with Crippen molar-refractivity contribution in [3.63, 3.8) is 0 Å². The first kappa shape index (κ1) is 73.0. The normalized spacial score (nSPS) is 14.0. The fraction of sp³-hybridized carbons (Fsp3) is 0.414. The molecule has 478 valence electrons. The molecule has 6 aromatic rings. The molecule has 0 aliphatic carbocycles. The summed E-state index contributed by atoms with van der Waals surface area (Å²) < 4.78 is 34.5. The second kappa shape index (κ2) is 41.6. The van der Waals surface area contributed by atoms with E-state index in [0.717, 1.165) is 70.7 Å². The fourth-order valence-corrected chi connectivity index (χ4v) is 10.3. The van der Waals surface area contributed by atoms with Gasteiger partial charge in [0.25, 0.3) is 25.9 Å². The average molecular weight is 1310 g/mol. The standard InChI is InChI=1S/C54H64Cl4N10O8.4CH2O2/c1-67-31-43(41-27-39(55)29-47(57)45(41)33-67)35-7-5-9-37(25-35)51-65-63-49(75-51)11-17-71-21-23-73-19-15-61-53(69)59-13-3-4-14-60-54(70)62-16-20-74-24-22-72-18-12-50-64-66-52(76-50)38-10-6-8-36(26-38)44-32-68(2)34-46-42(44)28-40(56)30-48(46)58;4*2-1-3/h5-10,25-30,43-44H,3-4,11-24,31-34H2,1-2H3,(H2,59,61,69)(H2,60,62,70);4*1H,(H,2,3)/t43-,44-;;;;/m0..../s1. The summed E-state index contributed by atoms with van der Waals surface area (Å²) in [6.07, 6.45) is 2.32. The Hall–Kier alpha value is -7.50. The summed E-state index contributed by atoms with van der Waals surface area (Å²) >= 11 is 26.0. The van der Waals surface area contributed by atoms with Gasteiger partial charge in [0, 0.05) is 108 Å². The minimum Gasteiger partial charge on any atom is -0.483 e. The van der Waals surface area contributed by atoms with Crippen molar-refractivity contribution in [2.24, 2.45) is 0 Å². The SMILES string of the molecule is CN1Cc2c(Cl)cc(Cl)cc2[C@H](c2cccc(-c3nnc(CCOCCOCCNC(=O)NCCCCNC(=O)NCCOCCOCCc4nnc(-c5cccc([C@@H]6CN(C)Cc7c(Cl)cc(Cl)cc76)c5)o4)o3)c2)C1.O=CO.O=CO.O=CO.O=CO. The lowest BCUT2D eigenvalue weighted by Gasteiger charge is -2.33. The Kier molecular flexibility index (Phi) is 34.5. The molecule has 0 unspecified atom stereocenters. The summed E-state index contributed by atoms with van der Waals surface area (Å²) in [7, 11) is 4.17. The van der Waals surface area contributed by atoms with Gasteiger partial charge < -0.3 is 79.3 Å². The van der Waals surface area contributed by atoms with E-state index in [2.05, 4.69) is 89.8 Å². The van der Waals surface area contributed by atoms with E-state index in [1.54, 1.807) is 12.1 Å². The topological polar surface area (TPSA) is 353 Å². The smallest absolute Gasteiger partial charge is 0.314 e. The lowest BCUT2D eigenvalue weighted by molar-refractivity contribution is -0.123. The van der Waals surface area contributed by atoms with E-state index in [-0.39, 0.29) is 49.8 Å². The number of fused-ring (bicyclic) bond motifs is 2. The molecule has 0 saturated heterocycles. The summed E-state index contributed by atoms with van der Waals surface area (Å²) in [5.41, 5.74) is 8.37. The molecule has 0 spiro atoms. The second-order valence-electron chi connectivity index (χ2n) is 19.1. The van der Waals surface area contributed by atoms with Crippen molar-refractivity contribution in [2.45, 2.75) is 50.6 Å². The number of carboxylic acid groups (broad SMARTS) is 4. The molecule has 8 N–H and O–H groups in total. The first-order valence-electron chi connectivity index (χ1n) is 27.5. The first-order chi connectivity index (χ1) is 42.6. The van der Waals surface area contributed by atoms with Crippen LogP contribution in [-0.2, 0) is 64.1 Å². The summed E-state index contributed by atoms with van der Waals surface area (Å²) in [4.78, 5) is 62.3. The molecule has 8 rings (SSSR count). The van der Waals surface area contributed by atoms with Crippen LogP contribution in [0.2, 0.25) is 20.1 Å². The van der Waals surface area contributed by atoms with E-state index < -0.39 is 0 Å². The highest BCUT2D eigenvalue weighted by molar-refractivity contribution is 6.35. The van der Waals surface area contributed by atoms with Gasteiger partial charge >= 0.3 is 12.1 Å². The zero-order chi connectivity index (χ0) is 64.1. The van der Waals surface area contributed by atoms with Gasteiger partial charge in [0.05, 0.1) is 52.9 Å². The van der Waals surface area contributed by atoms with Crippen molar-refractivity contribution < 1.29 is 77.0 Å². The van der Waals surface area contributed by atoms with Crippen LogP contribution in [0.15, 0.2) is 81.6 Å². The van der Waals surface area contributed by atoms with Crippen LogP contribution in [0, 0.1) is 0 Å². The molecule has 0 fully saturated rings. The Morgan fingerprint density at radius 1 is 0.523 bits per heavy atom. The van der Waals surface area contributed by atoms with E-state index in [1.807, 2.05) is 36.4 Å². The molecular weight excluding hydrogens is 1230 g/mol. The van der Waals surface area contributed by atoms with Crippen LogP contribution in [0.3, 0.4) is 0 Å². The molecule has 0 radical (unpaired) electrons. The number of carbonyl (C=O) groups excluding carboxylic acids is 2. The van der Waals surface area contributed by atoms with Gasteiger partial charge in [-0.25, -0.2) is 9.59 Å². The lowest BCUT2D eigenvalue weighted by Crippen LogP contribution is -2.39. The van der Waals surface area contributed by atoms with Crippen molar-refractivity contribution >= 4 is 84.4 Å². The number of benzene rings is 4. The maximum absolute atomic E-state index is 12.1. The number of halogens is 4. The van der Waals surface area contributed by atoms with E-state index in [1.165, 1.54) is 0 Å². The molecule has 4 amide bonds. The number of urea groups is 2. The number of carbonyl (C=O) groups is 6. The molecule has 26 nitrogen and oxygen atoms in total. The van der Waals surface area contributed by atoms with Gasteiger partial charge in [-0.3, -0.25) is 19.2 Å². The number of nitrogens with zero attached hydrogens (tertiary/aromatic N) is 6. The Morgan fingerprint density at radius 2 is 0.875 bits per heavy atom. The third-order valence-electron chi connectivity index (χ3n) is 12.9.